The van der Waals surface area contributed by atoms with Crippen molar-refractivity contribution in [2.75, 3.05) is 13.2 Å². The lowest BCUT2D eigenvalue weighted by atomic mass is 10.2. The molecule has 0 amide bonds. The molecule has 1 saturated heterocycles. The smallest absolute Gasteiger partial charge is 0.348 e. The van der Waals surface area contributed by atoms with Crippen molar-refractivity contribution in [2.45, 2.75) is 39.6 Å². The van der Waals surface area contributed by atoms with E-state index in [-0.39, 0.29) is 12.1 Å². The van der Waals surface area contributed by atoms with Gasteiger partial charge in [0.25, 0.3) is 0 Å². The van der Waals surface area contributed by atoms with Crippen LogP contribution in [-0.2, 0) is 14.2 Å². The Labute approximate surface area is 123 Å². The number of esters is 1. The summed E-state index contributed by atoms with van der Waals surface area (Å²) in [6.07, 6.45) is -0.224. The van der Waals surface area contributed by atoms with Gasteiger partial charge in [-0.1, -0.05) is 11.8 Å². The maximum absolute atomic E-state index is 11.7. The van der Waals surface area contributed by atoms with Crippen LogP contribution in [0.3, 0.4) is 0 Å². The Morgan fingerprint density at radius 2 is 2.35 bits per heavy atom. The molecule has 4 nitrogen and oxygen atoms in total. The minimum absolute atomic E-state index is 0.224. The van der Waals surface area contributed by atoms with Gasteiger partial charge in [0.15, 0.2) is 5.79 Å². The fourth-order valence-electron chi connectivity index (χ4n) is 1.81. The number of hydrogen-bond donors (Lipinski definition) is 0. The monoisotopic (exact) mass is 294 g/mol. The summed E-state index contributed by atoms with van der Waals surface area (Å²) in [5.41, 5.74) is 0.976. The highest BCUT2D eigenvalue weighted by Gasteiger charge is 2.31. The molecule has 108 valence electrons. The summed E-state index contributed by atoms with van der Waals surface area (Å²) < 4.78 is 16.1. The highest BCUT2D eigenvalue weighted by Crippen LogP contribution is 2.24. The molecule has 1 aliphatic heterocycles. The number of hydrogen-bond acceptors (Lipinski definition) is 5. The van der Waals surface area contributed by atoms with Crippen molar-refractivity contribution in [1.82, 2.24) is 0 Å². The number of rotatable bonds is 2. The Morgan fingerprint density at radius 3 is 2.95 bits per heavy atom. The van der Waals surface area contributed by atoms with Gasteiger partial charge in [0.1, 0.15) is 11.0 Å². The van der Waals surface area contributed by atoms with Gasteiger partial charge in [0.2, 0.25) is 0 Å². The van der Waals surface area contributed by atoms with E-state index >= 15 is 0 Å². The molecule has 1 aromatic rings. The molecule has 2 rings (SSSR count). The first-order valence-corrected chi connectivity index (χ1v) is 7.34. The number of aryl methyl sites for hydroxylation is 1. The summed E-state index contributed by atoms with van der Waals surface area (Å²) in [5.74, 6) is 5.24. The van der Waals surface area contributed by atoms with Gasteiger partial charge < -0.3 is 14.2 Å². The molecule has 1 fully saturated rings. The molecule has 0 aliphatic carbocycles. The first-order valence-electron chi connectivity index (χ1n) is 6.52. The Hall–Kier alpha value is -1.35. The van der Waals surface area contributed by atoms with E-state index in [1.807, 2.05) is 26.8 Å². The molecule has 0 spiro atoms. The summed E-state index contributed by atoms with van der Waals surface area (Å²) in [7, 11) is 0. The van der Waals surface area contributed by atoms with E-state index in [1.165, 1.54) is 11.3 Å². The average molecular weight is 294 g/mol. The second-order valence-corrected chi connectivity index (χ2v) is 5.98. The van der Waals surface area contributed by atoms with Crippen molar-refractivity contribution in [3.05, 3.63) is 21.4 Å². The first kappa shape index (κ1) is 15.0. The fraction of sp³-hybridized carbons (Fsp3) is 0.533. The van der Waals surface area contributed by atoms with Crippen LogP contribution in [0.25, 0.3) is 0 Å². The third-order valence-electron chi connectivity index (χ3n) is 2.75. The fourth-order valence-corrected chi connectivity index (χ4v) is 2.74. The van der Waals surface area contributed by atoms with Crippen LogP contribution in [-0.4, -0.2) is 31.1 Å². The van der Waals surface area contributed by atoms with Crippen molar-refractivity contribution in [2.24, 2.45) is 0 Å². The quantitative estimate of drug-likeness (QED) is 0.621. The summed E-state index contributed by atoms with van der Waals surface area (Å²) in [6.45, 7) is 8.29. The van der Waals surface area contributed by atoms with Crippen molar-refractivity contribution in [3.8, 4) is 11.8 Å². The van der Waals surface area contributed by atoms with E-state index in [9.17, 15) is 4.79 Å². The Balaban J connectivity index is 2.09. The second kappa shape index (κ2) is 5.96. The second-order valence-electron chi connectivity index (χ2n) is 4.93. The molecule has 0 radical (unpaired) electrons. The molecular weight excluding hydrogens is 276 g/mol. The van der Waals surface area contributed by atoms with Crippen molar-refractivity contribution in [3.63, 3.8) is 0 Å². The Bertz CT molecular complexity index is 562. The van der Waals surface area contributed by atoms with Gasteiger partial charge in [-0.2, -0.15) is 0 Å². The maximum atomic E-state index is 11.7. The van der Waals surface area contributed by atoms with Crippen molar-refractivity contribution in [1.29, 1.82) is 0 Å². The standard InChI is InChI=1S/C15H18O4S/c1-5-17-14(16)13-8-10(2)12(20-13)7-6-11-9-18-15(3,4)19-11/h8,11H,5,9H2,1-4H3/t11-/m0/s1. The molecule has 1 atom stereocenters. The number of thiophene rings is 1. The van der Waals surface area contributed by atoms with Crippen molar-refractivity contribution < 1.29 is 19.0 Å². The first-order chi connectivity index (χ1) is 9.41. The summed E-state index contributed by atoms with van der Waals surface area (Å²) in [5, 5.41) is 0. The number of ether oxygens (including phenoxy) is 3. The van der Waals surface area contributed by atoms with Gasteiger partial charge in [-0.15, -0.1) is 11.3 Å². The van der Waals surface area contributed by atoms with Crippen LogP contribution in [0.5, 0.6) is 0 Å². The van der Waals surface area contributed by atoms with Crippen molar-refractivity contribution >= 4 is 17.3 Å². The van der Waals surface area contributed by atoms with Gasteiger partial charge in [-0.25, -0.2) is 4.79 Å². The summed E-state index contributed by atoms with van der Waals surface area (Å²) in [6, 6.07) is 1.81. The van der Waals surface area contributed by atoms with Gasteiger partial charge in [0, 0.05) is 0 Å². The zero-order valence-electron chi connectivity index (χ0n) is 12.1. The van der Waals surface area contributed by atoms with Crippen LogP contribution < -0.4 is 0 Å². The zero-order valence-corrected chi connectivity index (χ0v) is 12.9. The molecule has 0 aromatic carbocycles. The lowest BCUT2D eigenvalue weighted by Gasteiger charge is -2.14. The molecular formula is C15H18O4S. The highest BCUT2D eigenvalue weighted by atomic mass is 32.1. The van der Waals surface area contributed by atoms with Crippen LogP contribution in [0.2, 0.25) is 0 Å². The minimum Gasteiger partial charge on any atom is -0.462 e. The predicted octanol–water partition coefficient (Wildman–Crippen LogP) is 2.74. The largest absolute Gasteiger partial charge is 0.462 e. The number of carbonyl (C=O) groups is 1. The maximum Gasteiger partial charge on any atom is 0.348 e. The van der Waals surface area contributed by atoms with Crippen LogP contribution in [0, 0.1) is 18.8 Å². The minimum atomic E-state index is -0.570. The zero-order chi connectivity index (χ0) is 14.8. The van der Waals surface area contributed by atoms with E-state index in [0.29, 0.717) is 18.1 Å². The lowest BCUT2D eigenvalue weighted by Crippen LogP contribution is -2.20. The van der Waals surface area contributed by atoms with Crippen LogP contribution >= 0.6 is 11.3 Å². The molecule has 0 saturated carbocycles. The van der Waals surface area contributed by atoms with Gasteiger partial charge in [-0.05, 0) is 39.3 Å². The normalized spacial score (nSPS) is 20.3. The molecule has 2 heterocycles. The van der Waals surface area contributed by atoms with E-state index in [1.54, 1.807) is 6.92 Å². The lowest BCUT2D eigenvalue weighted by molar-refractivity contribution is -0.132. The van der Waals surface area contributed by atoms with E-state index in [2.05, 4.69) is 11.8 Å². The van der Waals surface area contributed by atoms with Gasteiger partial charge in [0.05, 0.1) is 18.1 Å². The highest BCUT2D eigenvalue weighted by molar-refractivity contribution is 7.14. The van der Waals surface area contributed by atoms with E-state index in [0.717, 1.165) is 10.4 Å². The summed E-state index contributed by atoms with van der Waals surface area (Å²) >= 11 is 1.35. The third kappa shape index (κ3) is 3.60. The molecule has 0 unspecified atom stereocenters. The SMILES string of the molecule is CCOC(=O)c1cc(C)c(C#C[C@H]2COC(C)(C)O2)s1. The molecule has 0 N–H and O–H groups in total. The molecule has 0 bridgehead atoms. The molecule has 5 heteroatoms. The Kier molecular flexibility index (Phi) is 4.48. The average Bonchev–Trinajstić information content (AvgIpc) is 2.90. The van der Waals surface area contributed by atoms with Crippen LogP contribution in [0.1, 0.15) is 40.9 Å². The van der Waals surface area contributed by atoms with E-state index < -0.39 is 5.79 Å². The topological polar surface area (TPSA) is 44.8 Å². The summed E-state index contributed by atoms with van der Waals surface area (Å²) in [4.78, 5) is 13.1. The number of carbonyl (C=O) groups excluding carboxylic acids is 1. The Morgan fingerprint density at radius 1 is 1.60 bits per heavy atom. The van der Waals surface area contributed by atoms with Gasteiger partial charge >= 0.3 is 5.97 Å². The van der Waals surface area contributed by atoms with Crippen LogP contribution in [0.15, 0.2) is 6.07 Å². The molecule has 20 heavy (non-hydrogen) atoms. The third-order valence-corrected chi connectivity index (χ3v) is 3.88. The van der Waals surface area contributed by atoms with Gasteiger partial charge in [-0.3, -0.25) is 0 Å². The predicted molar refractivity (Wildman–Crippen MR) is 76.8 cm³/mol. The van der Waals surface area contributed by atoms with Crippen LogP contribution in [0.4, 0.5) is 0 Å². The molecule has 1 aromatic heterocycles. The molecule has 1 aliphatic rings. The van der Waals surface area contributed by atoms with E-state index in [4.69, 9.17) is 14.2 Å².